The predicted octanol–water partition coefficient (Wildman–Crippen LogP) is 5.17. The van der Waals surface area contributed by atoms with Gasteiger partial charge in [0.25, 0.3) is 5.91 Å². The number of carbonyl (C=O) groups excluding carboxylic acids is 1. The van der Waals surface area contributed by atoms with E-state index in [0.717, 1.165) is 14.3 Å². The molecule has 0 saturated heterocycles. The summed E-state index contributed by atoms with van der Waals surface area (Å²) in [5.74, 6) is 0.610. The largest absolute Gasteiger partial charge is 0.456 e. The highest BCUT2D eigenvalue weighted by Crippen LogP contribution is 2.42. The minimum absolute atomic E-state index is 0.0358. The number of aryl methyl sites for hydroxylation is 1. The van der Waals surface area contributed by atoms with E-state index in [9.17, 15) is 13.2 Å². The number of halogens is 1. The number of benzene rings is 3. The number of methoxy groups -OCH3 is 1. The van der Waals surface area contributed by atoms with Crippen LogP contribution in [-0.4, -0.2) is 45.9 Å². The summed E-state index contributed by atoms with van der Waals surface area (Å²) in [6.45, 7) is 2.23. The van der Waals surface area contributed by atoms with Gasteiger partial charge in [-0.2, -0.15) is 4.31 Å². The molecule has 178 valence electrons. The highest BCUT2D eigenvalue weighted by Gasteiger charge is 2.31. The molecule has 0 radical (unpaired) electrons. The summed E-state index contributed by atoms with van der Waals surface area (Å²) in [4.78, 5) is 12.9. The van der Waals surface area contributed by atoms with Crippen LogP contribution in [0, 0.1) is 6.92 Å². The van der Waals surface area contributed by atoms with Crippen LogP contribution in [0.2, 0.25) is 0 Å². The molecular formula is C24H23BrN2O6S. The predicted molar refractivity (Wildman–Crippen MR) is 132 cm³/mol. The zero-order chi connectivity index (χ0) is 24.5. The minimum atomic E-state index is -4.03. The van der Waals surface area contributed by atoms with Crippen LogP contribution in [0.15, 0.2) is 64.0 Å². The molecule has 0 spiro atoms. The summed E-state index contributed by atoms with van der Waals surface area (Å²) in [5.41, 5.74) is 1.52. The molecule has 34 heavy (non-hydrogen) atoms. The van der Waals surface area contributed by atoms with Gasteiger partial charge in [-0.25, -0.2) is 8.42 Å². The van der Waals surface area contributed by atoms with Crippen LogP contribution in [0.5, 0.6) is 23.0 Å². The summed E-state index contributed by atoms with van der Waals surface area (Å²) >= 11 is 3.37. The lowest BCUT2D eigenvalue weighted by Crippen LogP contribution is -2.30. The number of hydrogen-bond acceptors (Lipinski definition) is 6. The molecule has 0 aliphatic carbocycles. The Kier molecular flexibility index (Phi) is 6.94. The van der Waals surface area contributed by atoms with E-state index in [1.54, 1.807) is 36.4 Å². The molecule has 0 aromatic heterocycles. The maximum Gasteiger partial charge on any atom is 0.259 e. The van der Waals surface area contributed by atoms with Crippen LogP contribution in [-0.2, 0) is 14.8 Å². The highest BCUT2D eigenvalue weighted by atomic mass is 79.9. The molecule has 3 aromatic carbocycles. The van der Waals surface area contributed by atoms with Crippen molar-refractivity contribution >= 4 is 37.5 Å². The summed E-state index contributed by atoms with van der Waals surface area (Å²) < 4.78 is 45.9. The van der Waals surface area contributed by atoms with Gasteiger partial charge in [0.2, 0.25) is 10.0 Å². The smallest absolute Gasteiger partial charge is 0.259 e. The first-order valence-electron chi connectivity index (χ1n) is 10.4. The summed E-state index contributed by atoms with van der Waals surface area (Å²) in [6.07, 6.45) is 0. The fourth-order valence-corrected chi connectivity index (χ4v) is 4.90. The first kappa shape index (κ1) is 24.2. The lowest BCUT2D eigenvalue weighted by Gasteiger charge is -2.20. The Bertz CT molecular complexity index is 1340. The number of amides is 1. The van der Waals surface area contributed by atoms with Gasteiger partial charge in [-0.3, -0.25) is 4.79 Å². The van der Waals surface area contributed by atoms with Gasteiger partial charge >= 0.3 is 0 Å². The number of nitrogens with one attached hydrogen (secondary N) is 1. The second-order valence-corrected chi connectivity index (χ2v) is 10.7. The van der Waals surface area contributed by atoms with Gasteiger partial charge in [-0.05, 0) is 55.0 Å². The first-order chi connectivity index (χ1) is 16.2. The average Bonchev–Trinajstić information content (AvgIpc) is 2.93. The van der Waals surface area contributed by atoms with Gasteiger partial charge < -0.3 is 19.5 Å². The Morgan fingerprint density at radius 3 is 2.50 bits per heavy atom. The van der Waals surface area contributed by atoms with E-state index in [-0.39, 0.29) is 35.1 Å². The molecule has 1 heterocycles. The maximum atomic E-state index is 13.5. The third-order valence-electron chi connectivity index (χ3n) is 5.23. The molecule has 0 saturated carbocycles. The Labute approximate surface area is 206 Å². The molecule has 0 bridgehead atoms. The Balaban J connectivity index is 1.85. The molecule has 8 nitrogen and oxygen atoms in total. The monoisotopic (exact) mass is 546 g/mol. The van der Waals surface area contributed by atoms with Crippen LogP contribution < -0.4 is 14.8 Å². The van der Waals surface area contributed by atoms with Crippen molar-refractivity contribution in [1.82, 2.24) is 4.31 Å². The number of fused-ring (bicyclic) bond motifs is 2. The second-order valence-electron chi connectivity index (χ2n) is 7.73. The quantitative estimate of drug-likeness (QED) is 0.439. The van der Waals surface area contributed by atoms with E-state index in [1.165, 1.54) is 26.3 Å². The van der Waals surface area contributed by atoms with E-state index in [4.69, 9.17) is 14.2 Å². The Morgan fingerprint density at radius 1 is 1.06 bits per heavy atom. The van der Waals surface area contributed by atoms with Crippen LogP contribution in [0.1, 0.15) is 15.9 Å². The van der Waals surface area contributed by atoms with Crippen molar-refractivity contribution in [2.75, 3.05) is 32.6 Å². The first-order valence-corrected chi connectivity index (χ1v) is 12.6. The standard InChI is InChI=1S/C24H23BrN2O6S/c1-15-4-9-20-19(12-15)26-24(28)18-13-23(34(29,30)27(2)10-11-31-3)22(14-21(18)33-20)32-17-7-5-16(25)6-8-17/h4-9,12-14H,10-11H2,1-3H3,(H,26,28). The van der Waals surface area contributed by atoms with Crippen molar-refractivity contribution in [3.8, 4) is 23.0 Å². The number of ether oxygens (including phenoxy) is 3. The zero-order valence-corrected chi connectivity index (χ0v) is 21.2. The van der Waals surface area contributed by atoms with Gasteiger partial charge in [0.05, 0.1) is 17.9 Å². The van der Waals surface area contributed by atoms with Gasteiger partial charge in [0, 0.05) is 31.2 Å². The SMILES string of the molecule is COCCN(C)S(=O)(=O)c1cc2c(cc1Oc1ccc(Br)cc1)Oc1ccc(C)cc1NC2=O. The molecule has 1 amide bonds. The molecule has 3 aromatic rings. The highest BCUT2D eigenvalue weighted by molar-refractivity contribution is 9.10. The van der Waals surface area contributed by atoms with Crippen molar-refractivity contribution in [2.24, 2.45) is 0 Å². The Morgan fingerprint density at radius 2 is 1.79 bits per heavy atom. The second kappa shape index (κ2) is 9.75. The van der Waals surface area contributed by atoms with Gasteiger partial charge in [0.1, 0.15) is 16.4 Å². The van der Waals surface area contributed by atoms with E-state index < -0.39 is 15.9 Å². The lowest BCUT2D eigenvalue weighted by atomic mass is 10.1. The van der Waals surface area contributed by atoms with Crippen LogP contribution in [0.25, 0.3) is 0 Å². The average molecular weight is 547 g/mol. The number of carbonyl (C=O) groups is 1. The minimum Gasteiger partial charge on any atom is -0.456 e. The Hall–Kier alpha value is -2.92. The fraction of sp³-hybridized carbons (Fsp3) is 0.208. The summed E-state index contributed by atoms with van der Waals surface area (Å²) in [7, 11) is -1.09. The van der Waals surface area contributed by atoms with Gasteiger partial charge in [-0.15, -0.1) is 0 Å². The molecule has 10 heteroatoms. The molecule has 1 aliphatic rings. The number of likely N-dealkylation sites (N-methyl/N-ethyl adjacent to an activating group) is 1. The van der Waals surface area contributed by atoms with Crippen molar-refractivity contribution in [3.05, 3.63) is 70.2 Å². The lowest BCUT2D eigenvalue weighted by molar-refractivity contribution is 0.102. The van der Waals surface area contributed by atoms with Crippen molar-refractivity contribution in [1.29, 1.82) is 0 Å². The van der Waals surface area contributed by atoms with Crippen LogP contribution >= 0.6 is 15.9 Å². The van der Waals surface area contributed by atoms with E-state index in [1.807, 2.05) is 13.0 Å². The van der Waals surface area contributed by atoms with Crippen LogP contribution in [0.3, 0.4) is 0 Å². The number of anilines is 1. The number of sulfonamides is 1. The van der Waals surface area contributed by atoms with Crippen molar-refractivity contribution in [3.63, 3.8) is 0 Å². The summed E-state index contributed by atoms with van der Waals surface area (Å²) in [6, 6.07) is 15.1. The molecular weight excluding hydrogens is 524 g/mol. The maximum absolute atomic E-state index is 13.5. The molecule has 1 N–H and O–H groups in total. The van der Waals surface area contributed by atoms with Gasteiger partial charge in [0.15, 0.2) is 11.5 Å². The van der Waals surface area contributed by atoms with Crippen molar-refractivity contribution < 1.29 is 27.4 Å². The normalized spacial score (nSPS) is 12.9. The molecule has 0 fully saturated rings. The zero-order valence-electron chi connectivity index (χ0n) is 18.8. The molecule has 4 rings (SSSR count). The molecule has 0 atom stereocenters. The third kappa shape index (κ3) is 4.95. The van der Waals surface area contributed by atoms with Crippen LogP contribution in [0.4, 0.5) is 5.69 Å². The fourth-order valence-electron chi connectivity index (χ4n) is 3.36. The van der Waals surface area contributed by atoms with E-state index in [0.29, 0.717) is 17.2 Å². The van der Waals surface area contributed by atoms with Crippen molar-refractivity contribution in [2.45, 2.75) is 11.8 Å². The van der Waals surface area contributed by atoms with Gasteiger partial charge in [-0.1, -0.05) is 22.0 Å². The number of hydrogen-bond donors (Lipinski definition) is 1. The van der Waals surface area contributed by atoms with E-state index >= 15 is 0 Å². The number of nitrogens with zero attached hydrogens (tertiary/aromatic N) is 1. The summed E-state index contributed by atoms with van der Waals surface area (Å²) in [5, 5.41) is 2.80. The van der Waals surface area contributed by atoms with E-state index in [2.05, 4.69) is 21.2 Å². The number of rotatable bonds is 7. The topological polar surface area (TPSA) is 94.2 Å². The third-order valence-corrected chi connectivity index (χ3v) is 7.64. The molecule has 0 unspecified atom stereocenters. The molecule has 1 aliphatic heterocycles.